The molecule has 2 aromatic carbocycles. The molecule has 0 atom stereocenters. The summed E-state index contributed by atoms with van der Waals surface area (Å²) >= 11 is 3.46. The van der Waals surface area contributed by atoms with Gasteiger partial charge in [-0.25, -0.2) is 0 Å². The summed E-state index contributed by atoms with van der Waals surface area (Å²) in [4.78, 5) is 28.5. The third kappa shape index (κ3) is 3.83. The summed E-state index contributed by atoms with van der Waals surface area (Å²) < 4.78 is 6.71. The van der Waals surface area contributed by atoms with Crippen molar-refractivity contribution in [3.05, 3.63) is 63.6 Å². The number of benzene rings is 2. The molecule has 1 amide bonds. The fraction of sp³-hybridized carbons (Fsp3) is 0.273. The Labute approximate surface area is 172 Å². The van der Waals surface area contributed by atoms with Gasteiger partial charge in [0.25, 0.3) is 5.91 Å². The van der Waals surface area contributed by atoms with Crippen molar-refractivity contribution in [1.82, 2.24) is 4.90 Å². The van der Waals surface area contributed by atoms with Gasteiger partial charge in [0, 0.05) is 47.5 Å². The standard InChI is InChI=1S/C22H21BrN2O3/c1-15(26)16-2-5-20(6-3-16)24-8-10-25(11-9-24)22(27)18-12-17-13-19(23)4-7-21(17)28-14-18/h2-7,12-13H,8-11,14H2,1H3. The van der Waals surface area contributed by atoms with E-state index in [2.05, 4.69) is 20.8 Å². The van der Waals surface area contributed by atoms with Gasteiger partial charge in [0.1, 0.15) is 12.4 Å². The Morgan fingerprint density at radius 3 is 2.39 bits per heavy atom. The molecule has 28 heavy (non-hydrogen) atoms. The quantitative estimate of drug-likeness (QED) is 0.681. The number of nitrogens with zero attached hydrogens (tertiary/aromatic N) is 2. The number of rotatable bonds is 3. The Morgan fingerprint density at radius 1 is 1.00 bits per heavy atom. The molecule has 0 radical (unpaired) electrons. The van der Waals surface area contributed by atoms with Crippen molar-refractivity contribution < 1.29 is 14.3 Å². The molecule has 5 nitrogen and oxygen atoms in total. The molecule has 0 aliphatic carbocycles. The Morgan fingerprint density at radius 2 is 1.71 bits per heavy atom. The number of hydrogen-bond acceptors (Lipinski definition) is 4. The number of halogens is 1. The van der Waals surface area contributed by atoms with Gasteiger partial charge in [-0.2, -0.15) is 0 Å². The van der Waals surface area contributed by atoms with E-state index in [4.69, 9.17) is 4.74 Å². The Bertz CT molecular complexity index is 945. The highest BCUT2D eigenvalue weighted by Gasteiger charge is 2.26. The number of ether oxygens (including phenoxy) is 1. The number of Topliss-reactive ketones (excluding diaryl/α,β-unsaturated/α-hetero) is 1. The maximum absolute atomic E-state index is 12.9. The molecule has 0 unspecified atom stereocenters. The number of hydrogen-bond donors (Lipinski definition) is 0. The molecule has 0 spiro atoms. The van der Waals surface area contributed by atoms with Crippen LogP contribution in [0.3, 0.4) is 0 Å². The minimum atomic E-state index is 0.0391. The number of fused-ring (bicyclic) bond motifs is 1. The van der Waals surface area contributed by atoms with Gasteiger partial charge in [-0.1, -0.05) is 15.9 Å². The lowest BCUT2D eigenvalue weighted by Crippen LogP contribution is -2.49. The number of amides is 1. The predicted molar refractivity (Wildman–Crippen MR) is 113 cm³/mol. The first kappa shape index (κ1) is 18.7. The highest BCUT2D eigenvalue weighted by Crippen LogP contribution is 2.30. The van der Waals surface area contributed by atoms with Gasteiger partial charge in [-0.15, -0.1) is 0 Å². The molecule has 1 fully saturated rings. The lowest BCUT2D eigenvalue weighted by Gasteiger charge is -2.36. The summed E-state index contributed by atoms with van der Waals surface area (Å²) in [6, 6.07) is 13.5. The molecule has 2 heterocycles. The number of piperazine rings is 1. The van der Waals surface area contributed by atoms with Crippen LogP contribution in [0.1, 0.15) is 22.8 Å². The summed E-state index contributed by atoms with van der Waals surface area (Å²) in [6.07, 6.45) is 1.93. The molecule has 2 aliphatic rings. The molecule has 144 valence electrons. The molecule has 1 saturated heterocycles. The minimum Gasteiger partial charge on any atom is -0.488 e. The number of carbonyl (C=O) groups is 2. The topological polar surface area (TPSA) is 49.9 Å². The highest BCUT2D eigenvalue weighted by atomic mass is 79.9. The lowest BCUT2D eigenvalue weighted by atomic mass is 10.1. The number of anilines is 1. The van der Waals surface area contributed by atoms with E-state index in [0.29, 0.717) is 30.8 Å². The fourth-order valence-electron chi connectivity index (χ4n) is 3.55. The van der Waals surface area contributed by atoms with Gasteiger partial charge in [0.05, 0.1) is 5.57 Å². The average molecular weight is 441 g/mol. The fourth-order valence-corrected chi connectivity index (χ4v) is 3.93. The van der Waals surface area contributed by atoms with E-state index in [1.54, 1.807) is 6.92 Å². The van der Waals surface area contributed by atoms with Crippen LogP contribution in [0.25, 0.3) is 6.08 Å². The van der Waals surface area contributed by atoms with Crippen LogP contribution in [0.4, 0.5) is 5.69 Å². The third-order valence-electron chi connectivity index (χ3n) is 5.17. The maximum atomic E-state index is 12.9. The van der Waals surface area contributed by atoms with Crippen molar-refractivity contribution in [2.45, 2.75) is 6.92 Å². The SMILES string of the molecule is CC(=O)c1ccc(N2CCN(C(=O)C3=Cc4cc(Br)ccc4OC3)CC2)cc1. The van der Waals surface area contributed by atoms with Crippen LogP contribution < -0.4 is 9.64 Å². The third-order valence-corrected chi connectivity index (χ3v) is 5.66. The zero-order chi connectivity index (χ0) is 19.7. The van der Waals surface area contributed by atoms with Crippen molar-refractivity contribution in [3.8, 4) is 5.75 Å². The Balaban J connectivity index is 1.41. The van der Waals surface area contributed by atoms with Crippen LogP contribution in [-0.4, -0.2) is 49.4 Å². The van der Waals surface area contributed by atoms with E-state index in [0.717, 1.165) is 34.6 Å². The molecule has 6 heteroatoms. The second-order valence-corrected chi connectivity index (χ2v) is 7.94. The summed E-state index contributed by atoms with van der Waals surface area (Å²) in [5.74, 6) is 0.911. The van der Waals surface area contributed by atoms with Crippen molar-refractivity contribution in [2.24, 2.45) is 0 Å². The van der Waals surface area contributed by atoms with Crippen molar-refractivity contribution in [1.29, 1.82) is 0 Å². The van der Waals surface area contributed by atoms with Gasteiger partial charge in [-0.3, -0.25) is 9.59 Å². The van der Waals surface area contributed by atoms with E-state index >= 15 is 0 Å². The van der Waals surface area contributed by atoms with Crippen LogP contribution in [0.5, 0.6) is 5.75 Å². The first-order chi connectivity index (χ1) is 13.5. The van der Waals surface area contributed by atoms with Crippen LogP contribution >= 0.6 is 15.9 Å². The Kier molecular flexibility index (Phi) is 5.22. The van der Waals surface area contributed by atoms with Crippen LogP contribution in [0, 0.1) is 0 Å². The molecular weight excluding hydrogens is 420 g/mol. The van der Waals surface area contributed by atoms with Gasteiger partial charge < -0.3 is 14.5 Å². The predicted octanol–water partition coefficient (Wildman–Crippen LogP) is 3.78. The molecule has 2 aliphatic heterocycles. The van der Waals surface area contributed by atoms with E-state index in [1.165, 1.54) is 0 Å². The number of ketones is 1. The zero-order valence-electron chi connectivity index (χ0n) is 15.7. The molecule has 2 aromatic rings. The van der Waals surface area contributed by atoms with Gasteiger partial charge >= 0.3 is 0 Å². The second kappa shape index (κ2) is 7.80. The van der Waals surface area contributed by atoms with Crippen molar-refractivity contribution >= 4 is 39.4 Å². The van der Waals surface area contributed by atoms with Crippen molar-refractivity contribution in [3.63, 3.8) is 0 Å². The van der Waals surface area contributed by atoms with Gasteiger partial charge in [0.2, 0.25) is 0 Å². The zero-order valence-corrected chi connectivity index (χ0v) is 17.2. The Hall–Kier alpha value is -2.60. The number of carbonyl (C=O) groups excluding carboxylic acids is 2. The average Bonchev–Trinajstić information content (AvgIpc) is 2.73. The first-order valence-electron chi connectivity index (χ1n) is 9.29. The minimum absolute atomic E-state index is 0.0391. The summed E-state index contributed by atoms with van der Waals surface area (Å²) in [5, 5.41) is 0. The molecule has 0 aromatic heterocycles. The van der Waals surface area contributed by atoms with Crippen LogP contribution in [0.15, 0.2) is 52.5 Å². The molecule has 0 bridgehead atoms. The normalized spacial score (nSPS) is 16.1. The summed E-state index contributed by atoms with van der Waals surface area (Å²) in [7, 11) is 0. The smallest absolute Gasteiger partial charge is 0.253 e. The molecule has 0 saturated carbocycles. The van der Waals surface area contributed by atoms with Crippen LogP contribution in [0.2, 0.25) is 0 Å². The highest BCUT2D eigenvalue weighted by molar-refractivity contribution is 9.10. The summed E-state index contributed by atoms with van der Waals surface area (Å²) in [5.41, 5.74) is 3.41. The van der Waals surface area contributed by atoms with Crippen LogP contribution in [-0.2, 0) is 4.79 Å². The largest absolute Gasteiger partial charge is 0.488 e. The van der Waals surface area contributed by atoms with E-state index in [1.807, 2.05) is 53.4 Å². The van der Waals surface area contributed by atoms with Gasteiger partial charge in [0.15, 0.2) is 5.78 Å². The van der Waals surface area contributed by atoms with E-state index in [-0.39, 0.29) is 11.7 Å². The monoisotopic (exact) mass is 440 g/mol. The van der Waals surface area contributed by atoms with E-state index < -0.39 is 0 Å². The van der Waals surface area contributed by atoms with Gasteiger partial charge in [-0.05, 0) is 55.5 Å². The molecule has 4 rings (SSSR count). The van der Waals surface area contributed by atoms with Crippen molar-refractivity contribution in [2.75, 3.05) is 37.7 Å². The molecular formula is C22H21BrN2O3. The lowest BCUT2D eigenvalue weighted by molar-refractivity contribution is -0.127. The second-order valence-electron chi connectivity index (χ2n) is 7.02. The maximum Gasteiger partial charge on any atom is 0.253 e. The van der Waals surface area contributed by atoms with E-state index in [9.17, 15) is 9.59 Å². The first-order valence-corrected chi connectivity index (χ1v) is 10.1. The molecule has 0 N–H and O–H groups in total. The summed E-state index contributed by atoms with van der Waals surface area (Å²) in [6.45, 7) is 4.73.